The van der Waals surface area contributed by atoms with E-state index >= 15 is 17.6 Å². The van der Waals surface area contributed by atoms with Crippen molar-refractivity contribution in [1.82, 2.24) is 0 Å². The van der Waals surface area contributed by atoms with Gasteiger partial charge in [-0.15, -0.1) is 0 Å². The van der Waals surface area contributed by atoms with Crippen molar-refractivity contribution in [2.24, 2.45) is 0 Å². The molecular formula is C30H17F17O3S2. The molecule has 52 heavy (non-hydrogen) atoms. The average Bonchev–Trinajstić information content (AvgIpc) is 3.06. The van der Waals surface area contributed by atoms with Gasteiger partial charge in [-0.3, -0.25) is 0 Å². The zero-order valence-corrected chi connectivity index (χ0v) is 26.4. The van der Waals surface area contributed by atoms with Crippen LogP contribution < -0.4 is 0 Å². The number of halogens is 17. The van der Waals surface area contributed by atoms with Crippen molar-refractivity contribution in [1.29, 1.82) is 0 Å². The van der Waals surface area contributed by atoms with E-state index in [1.165, 1.54) is 48.5 Å². The minimum Gasteiger partial charge on any atom is -0.202 e. The molecule has 0 spiro atoms. The third-order valence-electron chi connectivity index (χ3n) is 7.41. The summed E-state index contributed by atoms with van der Waals surface area (Å²) in [5, 5.41) is -7.76. The van der Waals surface area contributed by atoms with Gasteiger partial charge < -0.3 is 0 Å². The van der Waals surface area contributed by atoms with Gasteiger partial charge in [0.1, 0.15) is 0 Å². The Kier molecular flexibility index (Phi) is 9.98. The van der Waals surface area contributed by atoms with Crippen LogP contribution in [0.2, 0.25) is 0 Å². The number of hydrogen-bond donors (Lipinski definition) is 0. The summed E-state index contributed by atoms with van der Waals surface area (Å²) in [5.41, 5.74) is 0. The van der Waals surface area contributed by atoms with Gasteiger partial charge in [0.2, 0.25) is 0 Å². The van der Waals surface area contributed by atoms with Crippen LogP contribution in [-0.2, 0) is 13.7 Å². The summed E-state index contributed by atoms with van der Waals surface area (Å²) < 4.78 is 270. The fraction of sp³-hybridized carbons (Fsp3) is 0.267. The van der Waals surface area contributed by atoms with Crippen LogP contribution in [0.3, 0.4) is 0 Å². The maximum Gasteiger partial charge on any atom is 0.460 e. The van der Waals surface area contributed by atoms with Crippen molar-refractivity contribution in [2.45, 2.75) is 61.7 Å². The molecule has 0 saturated carbocycles. The van der Waals surface area contributed by atoms with Gasteiger partial charge in [-0.25, -0.2) is 3.63 Å². The van der Waals surface area contributed by atoms with Crippen LogP contribution >= 0.6 is 10.3 Å². The van der Waals surface area contributed by atoms with Crippen LogP contribution in [0, 0.1) is 0 Å². The lowest BCUT2D eigenvalue weighted by Gasteiger charge is -2.44. The van der Waals surface area contributed by atoms with E-state index in [9.17, 15) is 65.5 Å². The summed E-state index contributed by atoms with van der Waals surface area (Å²) in [6.07, 6.45) is -7.93. The standard InChI is InChI=1S/C30H17F17O3S2/c31-23(32,25(35,36)27(39,40)29(43,44)45)24(33,34)26(37,38)28(41,42)30(46,47)52(48,49)50-51(19-12-3-1-4-13-19,20-14-5-2-6-15-20)22-17-9-11-18-10-7-8-16-21(18)22/h1-17H. The van der Waals surface area contributed by atoms with Crippen LogP contribution in [0.15, 0.2) is 118 Å². The van der Waals surface area contributed by atoms with E-state index in [-0.39, 0.29) is 10.8 Å². The highest BCUT2D eigenvalue weighted by Crippen LogP contribution is 2.73. The Balaban J connectivity index is 1.99. The van der Waals surface area contributed by atoms with E-state index in [0.29, 0.717) is 0 Å². The van der Waals surface area contributed by atoms with Gasteiger partial charge in [0.15, 0.2) is 0 Å². The van der Waals surface area contributed by atoms with Crippen LogP contribution in [0.5, 0.6) is 0 Å². The van der Waals surface area contributed by atoms with Gasteiger partial charge >= 0.3 is 57.1 Å². The van der Waals surface area contributed by atoms with Gasteiger partial charge in [0, 0.05) is 14.7 Å². The maximum absolute atomic E-state index is 15.5. The molecule has 0 aliphatic heterocycles. The van der Waals surface area contributed by atoms with E-state index in [1.54, 1.807) is 0 Å². The van der Waals surface area contributed by atoms with Crippen molar-refractivity contribution >= 4 is 31.2 Å². The molecule has 4 aromatic rings. The van der Waals surface area contributed by atoms with Gasteiger partial charge in [-0.2, -0.15) is 83.1 Å². The largest absolute Gasteiger partial charge is 0.460 e. The number of alkyl halides is 17. The second kappa shape index (κ2) is 12.7. The average molecular weight is 813 g/mol. The molecule has 0 aliphatic carbocycles. The minimum atomic E-state index is -8.97. The summed E-state index contributed by atoms with van der Waals surface area (Å²) in [5.74, 6) is -52.4. The number of fused-ring (bicyclic) bond motifs is 1. The summed E-state index contributed by atoms with van der Waals surface area (Å²) in [6.45, 7) is 0. The highest BCUT2D eigenvalue weighted by Gasteiger charge is 2.96. The van der Waals surface area contributed by atoms with Gasteiger partial charge in [-0.05, 0) is 51.4 Å². The molecule has 22 heteroatoms. The van der Waals surface area contributed by atoms with Crippen molar-refractivity contribution in [3.8, 4) is 0 Å². The lowest BCUT2D eigenvalue weighted by molar-refractivity contribution is -0.458. The summed E-state index contributed by atoms with van der Waals surface area (Å²) in [7, 11) is -12.5. The van der Waals surface area contributed by atoms with Crippen LogP contribution in [0.1, 0.15) is 0 Å². The molecule has 0 aliphatic rings. The van der Waals surface area contributed by atoms with Gasteiger partial charge in [0.05, 0.1) is 0 Å². The Hall–Kier alpha value is -3.79. The third kappa shape index (κ3) is 5.66. The summed E-state index contributed by atoms with van der Waals surface area (Å²) in [6, 6.07) is 19.8. The van der Waals surface area contributed by atoms with Gasteiger partial charge in [-0.1, -0.05) is 72.8 Å². The molecule has 286 valence electrons. The quantitative estimate of drug-likeness (QED) is 0.134. The molecule has 4 rings (SSSR count). The fourth-order valence-electron chi connectivity index (χ4n) is 4.66. The minimum absolute atomic E-state index is 0.0673. The molecule has 0 heterocycles. The Labute approximate surface area is 282 Å². The fourth-order valence-corrected chi connectivity index (χ4v) is 10.1. The van der Waals surface area contributed by atoms with Crippen LogP contribution in [0.25, 0.3) is 10.8 Å². The molecule has 3 nitrogen and oxygen atoms in total. The SMILES string of the molecule is O=S(=O)(OS(c1ccccc1)(c1ccccc1)c1cccc2ccccc12)C(F)(F)C(F)(F)C(F)(F)C(F)(F)C(F)(F)C(F)(F)C(F)(F)C(F)(F)F. The highest BCUT2D eigenvalue weighted by molar-refractivity contribution is 8.33. The van der Waals surface area contributed by atoms with Crippen molar-refractivity contribution in [3.05, 3.63) is 103 Å². The van der Waals surface area contributed by atoms with E-state index < -0.39 is 82.1 Å². The van der Waals surface area contributed by atoms with E-state index in [2.05, 4.69) is 0 Å². The second-order valence-electron chi connectivity index (χ2n) is 10.6. The Bertz CT molecular complexity index is 1970. The van der Waals surface area contributed by atoms with Gasteiger partial charge in [0.25, 0.3) is 0 Å². The number of benzene rings is 4. The van der Waals surface area contributed by atoms with E-state index in [4.69, 9.17) is 3.63 Å². The molecule has 0 aromatic heterocycles. The number of hydrogen-bond acceptors (Lipinski definition) is 3. The Morgan fingerprint density at radius 3 is 1.21 bits per heavy atom. The monoisotopic (exact) mass is 812 g/mol. The smallest absolute Gasteiger partial charge is 0.202 e. The lowest BCUT2D eigenvalue weighted by atomic mass is 9.91. The topological polar surface area (TPSA) is 43.4 Å². The Morgan fingerprint density at radius 2 is 0.769 bits per heavy atom. The predicted molar refractivity (Wildman–Crippen MR) is 150 cm³/mol. The zero-order chi connectivity index (χ0) is 39.6. The van der Waals surface area contributed by atoms with Crippen molar-refractivity contribution < 1.29 is 86.7 Å². The molecule has 0 radical (unpaired) electrons. The first-order valence-electron chi connectivity index (χ1n) is 13.6. The normalized spacial score (nSPS) is 15.2. The first-order chi connectivity index (χ1) is 23.5. The summed E-state index contributed by atoms with van der Waals surface area (Å²) in [4.78, 5) is -1.43. The number of rotatable bonds is 12. The molecule has 0 saturated heterocycles. The molecule has 0 amide bonds. The third-order valence-corrected chi connectivity index (χ3v) is 12.7. The first-order valence-corrected chi connectivity index (χ1v) is 16.6. The molecule has 0 atom stereocenters. The highest BCUT2D eigenvalue weighted by atomic mass is 32.3. The first kappa shape index (κ1) is 41.0. The van der Waals surface area contributed by atoms with E-state index in [1.807, 2.05) is 0 Å². The molecule has 0 fully saturated rings. The lowest BCUT2D eigenvalue weighted by Crippen LogP contribution is -2.75. The zero-order valence-electron chi connectivity index (χ0n) is 24.8. The van der Waals surface area contributed by atoms with Crippen LogP contribution in [0.4, 0.5) is 74.6 Å². The molecular weight excluding hydrogens is 795 g/mol. The molecule has 0 unspecified atom stereocenters. The predicted octanol–water partition coefficient (Wildman–Crippen LogP) is 11.3. The molecule has 4 aromatic carbocycles. The summed E-state index contributed by atoms with van der Waals surface area (Å²) >= 11 is 0. The molecule has 0 N–H and O–H groups in total. The Morgan fingerprint density at radius 1 is 0.404 bits per heavy atom. The van der Waals surface area contributed by atoms with Crippen molar-refractivity contribution in [3.63, 3.8) is 0 Å². The van der Waals surface area contributed by atoms with E-state index in [0.717, 1.165) is 54.6 Å². The van der Waals surface area contributed by atoms with Crippen molar-refractivity contribution in [2.75, 3.05) is 0 Å². The maximum atomic E-state index is 15.5. The van der Waals surface area contributed by atoms with Crippen LogP contribution in [-0.4, -0.2) is 55.4 Å². The second-order valence-corrected chi connectivity index (χ2v) is 15.1. The molecule has 0 bridgehead atoms.